The minimum absolute atomic E-state index is 0.120. The molecule has 39 heavy (non-hydrogen) atoms. The zero-order valence-corrected chi connectivity index (χ0v) is 24.4. The normalized spacial score (nSPS) is 14.6. The maximum Gasteiger partial charge on any atom is 0.341 e. The van der Waals surface area contributed by atoms with Gasteiger partial charge >= 0.3 is 5.97 Å². The average molecular weight is 579 g/mol. The molecule has 0 saturated heterocycles. The number of carbonyl (C=O) groups excluding carboxylic acids is 2. The van der Waals surface area contributed by atoms with Gasteiger partial charge in [-0.15, -0.1) is 39.4 Å². The molecule has 202 valence electrons. The van der Waals surface area contributed by atoms with Crippen LogP contribution in [0.3, 0.4) is 0 Å². The number of nitrogens with zero attached hydrogens (tertiary/aromatic N) is 3. The third-order valence-electron chi connectivity index (χ3n) is 6.61. The van der Waals surface area contributed by atoms with Crippen molar-refractivity contribution in [2.24, 2.45) is 5.92 Å². The molecule has 7 nitrogen and oxygen atoms in total. The predicted octanol–water partition coefficient (Wildman–Crippen LogP) is 6.95. The molecule has 0 bridgehead atoms. The summed E-state index contributed by atoms with van der Waals surface area (Å²) >= 11 is 4.43. The number of rotatable bonds is 10. The zero-order valence-electron chi connectivity index (χ0n) is 21.9. The summed E-state index contributed by atoms with van der Waals surface area (Å²) in [7, 11) is 0. The Hall–Kier alpha value is -3.21. The van der Waals surface area contributed by atoms with E-state index in [1.54, 1.807) is 18.3 Å². The molecule has 5 rings (SSSR count). The van der Waals surface area contributed by atoms with E-state index in [4.69, 9.17) is 4.74 Å². The van der Waals surface area contributed by atoms with Crippen LogP contribution in [0.15, 0.2) is 58.9 Å². The summed E-state index contributed by atoms with van der Waals surface area (Å²) in [5.41, 5.74) is 4.52. The molecule has 1 aliphatic carbocycles. The van der Waals surface area contributed by atoms with E-state index in [2.05, 4.69) is 34.4 Å². The molecule has 10 heteroatoms. The largest absolute Gasteiger partial charge is 0.462 e. The van der Waals surface area contributed by atoms with Crippen molar-refractivity contribution in [2.45, 2.75) is 44.8 Å². The first-order chi connectivity index (χ1) is 19.0. The molecule has 0 fully saturated rings. The van der Waals surface area contributed by atoms with Crippen LogP contribution >= 0.6 is 34.4 Å². The highest BCUT2D eigenvalue weighted by Gasteiger charge is 2.26. The SMILES string of the molecule is C=CCn1c(SCC(=O)Nc2scc(-c3ccccc3)c2C(=O)OCC)nnc1-c1csc2c1CCC(C)C2. The van der Waals surface area contributed by atoms with Gasteiger partial charge in [-0.05, 0) is 43.2 Å². The molecular formula is C29H30N4O3S3. The molecule has 1 aliphatic rings. The van der Waals surface area contributed by atoms with Gasteiger partial charge in [-0.2, -0.15) is 0 Å². The van der Waals surface area contributed by atoms with E-state index in [1.165, 1.54) is 40.0 Å². The third kappa shape index (κ3) is 5.88. The van der Waals surface area contributed by atoms with Gasteiger partial charge < -0.3 is 10.1 Å². The summed E-state index contributed by atoms with van der Waals surface area (Å²) in [6.07, 6.45) is 5.16. The lowest BCUT2D eigenvalue weighted by Crippen LogP contribution is -2.17. The smallest absolute Gasteiger partial charge is 0.341 e. The van der Waals surface area contributed by atoms with E-state index in [-0.39, 0.29) is 18.3 Å². The average Bonchev–Trinajstić information content (AvgIpc) is 3.65. The fourth-order valence-electron chi connectivity index (χ4n) is 4.73. The quantitative estimate of drug-likeness (QED) is 0.124. The van der Waals surface area contributed by atoms with Crippen LogP contribution in [0.1, 0.15) is 41.1 Å². The van der Waals surface area contributed by atoms with Crippen molar-refractivity contribution in [1.29, 1.82) is 0 Å². The number of fused-ring (bicyclic) bond motifs is 1. The summed E-state index contributed by atoms with van der Waals surface area (Å²) in [4.78, 5) is 27.3. The van der Waals surface area contributed by atoms with Crippen molar-refractivity contribution in [2.75, 3.05) is 17.7 Å². The number of ether oxygens (including phenoxy) is 1. The lowest BCUT2D eigenvalue weighted by Gasteiger charge is -2.19. The molecular weight excluding hydrogens is 549 g/mol. The Kier molecular flexibility index (Phi) is 8.64. The lowest BCUT2D eigenvalue weighted by molar-refractivity contribution is -0.113. The topological polar surface area (TPSA) is 86.1 Å². The monoisotopic (exact) mass is 578 g/mol. The highest BCUT2D eigenvalue weighted by atomic mass is 32.2. The number of allylic oxidation sites excluding steroid dienone is 1. The summed E-state index contributed by atoms with van der Waals surface area (Å²) in [5.74, 6) is 0.958. The predicted molar refractivity (Wildman–Crippen MR) is 160 cm³/mol. The Morgan fingerprint density at radius 2 is 2.00 bits per heavy atom. The number of thioether (sulfide) groups is 1. The van der Waals surface area contributed by atoms with Crippen LogP contribution in [-0.4, -0.2) is 39.0 Å². The Bertz CT molecular complexity index is 1490. The molecule has 0 spiro atoms. The fourth-order valence-corrected chi connectivity index (χ4v) is 7.70. The third-order valence-corrected chi connectivity index (χ3v) is 9.53. The van der Waals surface area contributed by atoms with E-state index in [0.717, 1.165) is 35.4 Å². The van der Waals surface area contributed by atoms with Crippen LogP contribution in [0, 0.1) is 5.92 Å². The molecule has 0 saturated carbocycles. The van der Waals surface area contributed by atoms with Crippen molar-refractivity contribution in [1.82, 2.24) is 14.8 Å². The Labute approximate surface area is 240 Å². The van der Waals surface area contributed by atoms with E-state index in [0.29, 0.717) is 28.2 Å². The van der Waals surface area contributed by atoms with Crippen LogP contribution in [-0.2, 0) is 28.9 Å². The summed E-state index contributed by atoms with van der Waals surface area (Å²) in [6.45, 7) is 8.78. The summed E-state index contributed by atoms with van der Waals surface area (Å²) < 4.78 is 7.33. The second kappa shape index (κ2) is 12.3. The highest BCUT2D eigenvalue weighted by molar-refractivity contribution is 7.99. The Morgan fingerprint density at radius 1 is 1.21 bits per heavy atom. The molecule has 1 N–H and O–H groups in total. The first kappa shape index (κ1) is 27.4. The molecule has 3 aromatic heterocycles. The number of esters is 1. The van der Waals surface area contributed by atoms with Crippen molar-refractivity contribution in [3.8, 4) is 22.5 Å². The molecule has 1 atom stereocenters. The number of anilines is 1. The van der Waals surface area contributed by atoms with E-state index < -0.39 is 5.97 Å². The standard InChI is InChI=1S/C29H30N4O3S3/c1-4-13-33-26(22-16-37-23-14-18(3)11-12-20(22)23)31-32-29(33)39-17-24(34)30-27-25(28(35)36-5-2)21(15-38-27)19-9-7-6-8-10-19/h4,6-10,15-16,18H,1,5,11-14,17H2,2-3H3,(H,30,34). The summed E-state index contributed by atoms with van der Waals surface area (Å²) in [6, 6.07) is 9.61. The van der Waals surface area contributed by atoms with E-state index >= 15 is 0 Å². The van der Waals surface area contributed by atoms with Crippen LogP contribution in [0.4, 0.5) is 5.00 Å². The number of hydrogen-bond acceptors (Lipinski definition) is 8. The molecule has 0 radical (unpaired) electrons. The Morgan fingerprint density at radius 3 is 2.77 bits per heavy atom. The number of aromatic nitrogens is 3. The first-order valence-corrected chi connectivity index (χ1v) is 15.6. The van der Waals surface area contributed by atoms with Gasteiger partial charge in [0.15, 0.2) is 11.0 Å². The van der Waals surface area contributed by atoms with Gasteiger partial charge in [-0.1, -0.05) is 55.1 Å². The van der Waals surface area contributed by atoms with Crippen molar-refractivity contribution in [3.63, 3.8) is 0 Å². The van der Waals surface area contributed by atoms with Gasteiger partial charge in [0.1, 0.15) is 10.6 Å². The van der Waals surface area contributed by atoms with Gasteiger partial charge in [0.2, 0.25) is 5.91 Å². The molecule has 4 aromatic rings. The maximum absolute atomic E-state index is 13.0. The van der Waals surface area contributed by atoms with Crippen LogP contribution in [0.2, 0.25) is 0 Å². The van der Waals surface area contributed by atoms with E-state index in [9.17, 15) is 9.59 Å². The minimum atomic E-state index is -0.454. The first-order valence-electron chi connectivity index (χ1n) is 12.9. The number of nitrogens with one attached hydrogen (secondary N) is 1. The fraction of sp³-hybridized carbons (Fsp3) is 0.310. The van der Waals surface area contributed by atoms with Gasteiger partial charge in [0, 0.05) is 33.3 Å². The van der Waals surface area contributed by atoms with Crippen LogP contribution in [0.5, 0.6) is 0 Å². The molecule has 1 unspecified atom stereocenters. The van der Waals surface area contributed by atoms with Crippen molar-refractivity contribution < 1.29 is 14.3 Å². The summed E-state index contributed by atoms with van der Waals surface area (Å²) in [5, 5.41) is 17.1. The number of hydrogen-bond donors (Lipinski definition) is 1. The molecule has 1 amide bonds. The Balaban J connectivity index is 1.33. The van der Waals surface area contributed by atoms with Crippen molar-refractivity contribution in [3.05, 3.63) is 69.8 Å². The number of carbonyl (C=O) groups is 2. The van der Waals surface area contributed by atoms with Crippen molar-refractivity contribution >= 4 is 51.3 Å². The van der Waals surface area contributed by atoms with Gasteiger partial charge in [0.05, 0.1) is 12.4 Å². The molecule has 0 aliphatic heterocycles. The maximum atomic E-state index is 13.0. The zero-order chi connectivity index (χ0) is 27.4. The highest BCUT2D eigenvalue weighted by Crippen LogP contribution is 2.39. The van der Waals surface area contributed by atoms with E-state index in [1.807, 2.05) is 46.4 Å². The minimum Gasteiger partial charge on any atom is -0.462 e. The second-order valence-electron chi connectivity index (χ2n) is 9.38. The number of thiophene rings is 2. The lowest BCUT2D eigenvalue weighted by atomic mass is 9.88. The molecule has 3 heterocycles. The second-order valence-corrected chi connectivity index (χ2v) is 12.2. The number of amides is 1. The van der Waals surface area contributed by atoms with Gasteiger partial charge in [-0.3, -0.25) is 9.36 Å². The number of benzene rings is 1. The molecule has 1 aromatic carbocycles. The van der Waals surface area contributed by atoms with Crippen LogP contribution < -0.4 is 5.32 Å². The van der Waals surface area contributed by atoms with Gasteiger partial charge in [-0.25, -0.2) is 4.79 Å². The van der Waals surface area contributed by atoms with Crippen LogP contribution in [0.25, 0.3) is 22.5 Å². The van der Waals surface area contributed by atoms with Gasteiger partial charge in [0.25, 0.3) is 0 Å².